The number of benzene rings is 2. The number of allylic oxidation sites excluding steroid dienone is 1. The van der Waals surface area contributed by atoms with Crippen LogP contribution in [0.4, 0.5) is 17.6 Å². The first kappa shape index (κ1) is 19.0. The fraction of sp³-hybridized carbons (Fsp3) is 0.0909. The van der Waals surface area contributed by atoms with Gasteiger partial charge in [-0.3, -0.25) is 0 Å². The van der Waals surface area contributed by atoms with Crippen molar-refractivity contribution in [3.05, 3.63) is 71.6 Å². The number of hydrogen-bond donors (Lipinski definition) is 2. The average Bonchev–Trinajstić information content (AvgIpc) is 2.77. The topological polar surface area (TPSA) is 119 Å². The minimum absolute atomic E-state index is 0.0193. The summed E-state index contributed by atoms with van der Waals surface area (Å²) in [5.41, 5.74) is 8.60. The summed E-state index contributed by atoms with van der Waals surface area (Å²) >= 11 is 0. The molecular formula is C22H18N6O2. The molecule has 0 radical (unpaired) electrons. The Morgan fingerprint density at radius 2 is 2.03 bits per heavy atom. The van der Waals surface area contributed by atoms with Gasteiger partial charge in [-0.1, -0.05) is 18.2 Å². The zero-order valence-electron chi connectivity index (χ0n) is 16.2. The van der Waals surface area contributed by atoms with Crippen LogP contribution in [0, 0.1) is 11.3 Å². The smallest absolute Gasteiger partial charge is 0.232 e. The number of nitrogens with zero attached hydrogens (tertiary/aromatic N) is 4. The van der Waals surface area contributed by atoms with Crippen molar-refractivity contribution >= 4 is 29.2 Å². The highest BCUT2D eigenvalue weighted by Gasteiger charge is 2.15. The normalized spacial score (nSPS) is 12.8. The Morgan fingerprint density at radius 3 is 2.80 bits per heavy atom. The number of nitrogen functional groups attached to an aromatic ring is 1. The maximum absolute atomic E-state index is 9.68. The van der Waals surface area contributed by atoms with E-state index in [9.17, 15) is 5.26 Å². The van der Waals surface area contributed by atoms with E-state index in [0.29, 0.717) is 6.61 Å². The summed E-state index contributed by atoms with van der Waals surface area (Å²) in [6.07, 6.45) is 3.64. The van der Waals surface area contributed by atoms with Crippen molar-refractivity contribution in [2.75, 3.05) is 24.8 Å². The van der Waals surface area contributed by atoms with Gasteiger partial charge in [-0.05, 0) is 42.0 Å². The first-order chi connectivity index (χ1) is 14.6. The van der Waals surface area contributed by atoms with Crippen LogP contribution in [0.15, 0.2) is 60.2 Å². The molecule has 0 amide bonds. The third-order valence-electron chi connectivity index (χ3n) is 4.33. The monoisotopic (exact) mass is 398 g/mol. The number of anilines is 3. The van der Waals surface area contributed by atoms with Crippen molar-refractivity contribution in [1.82, 2.24) is 15.0 Å². The minimum Gasteiger partial charge on any atom is -0.497 e. The molecule has 3 N–H and O–H groups in total. The molecule has 0 unspecified atom stereocenters. The van der Waals surface area contributed by atoms with Gasteiger partial charge in [0.15, 0.2) is 5.82 Å². The molecule has 1 aromatic heterocycles. The van der Waals surface area contributed by atoms with Crippen molar-refractivity contribution in [3.63, 3.8) is 0 Å². The number of rotatable bonds is 5. The Balaban J connectivity index is 1.64. The third-order valence-corrected chi connectivity index (χ3v) is 4.33. The molecule has 0 saturated carbocycles. The third kappa shape index (κ3) is 4.20. The molecule has 4 rings (SSSR count). The van der Waals surface area contributed by atoms with Crippen LogP contribution in [0.2, 0.25) is 0 Å². The Morgan fingerprint density at radius 1 is 1.20 bits per heavy atom. The summed E-state index contributed by atoms with van der Waals surface area (Å²) in [7, 11) is 1.61. The Kier molecular flexibility index (Phi) is 5.26. The number of methoxy groups -OCH3 is 1. The van der Waals surface area contributed by atoms with E-state index in [1.165, 1.54) is 0 Å². The van der Waals surface area contributed by atoms with Gasteiger partial charge >= 0.3 is 0 Å². The number of ether oxygens (including phenoxy) is 2. The highest BCUT2D eigenvalue weighted by Crippen LogP contribution is 2.31. The van der Waals surface area contributed by atoms with Gasteiger partial charge in [0.2, 0.25) is 11.9 Å². The molecule has 3 aromatic rings. The summed E-state index contributed by atoms with van der Waals surface area (Å²) in [6, 6.07) is 17.1. The number of hydrogen-bond acceptors (Lipinski definition) is 8. The van der Waals surface area contributed by atoms with Crippen molar-refractivity contribution in [2.24, 2.45) is 0 Å². The molecule has 1 aliphatic rings. The van der Waals surface area contributed by atoms with Gasteiger partial charge in [0.05, 0.1) is 12.7 Å². The van der Waals surface area contributed by atoms with Gasteiger partial charge < -0.3 is 20.5 Å². The molecule has 0 saturated heterocycles. The lowest BCUT2D eigenvalue weighted by Crippen LogP contribution is -2.08. The molecule has 148 valence electrons. The molecule has 0 bridgehead atoms. The molecule has 2 heterocycles. The van der Waals surface area contributed by atoms with Crippen molar-refractivity contribution in [1.29, 1.82) is 5.26 Å². The largest absolute Gasteiger partial charge is 0.497 e. The molecular weight excluding hydrogens is 380 g/mol. The SMILES string of the molecule is COc1ccc2c(c1)OCC(/C=C(\C#N)c1nc(N)nc(Nc3ccccc3)n1)=C2. The summed E-state index contributed by atoms with van der Waals surface area (Å²) in [6.45, 7) is 0.307. The van der Waals surface area contributed by atoms with E-state index < -0.39 is 0 Å². The summed E-state index contributed by atoms with van der Waals surface area (Å²) in [5.74, 6) is 1.91. The summed E-state index contributed by atoms with van der Waals surface area (Å²) in [4.78, 5) is 12.6. The van der Waals surface area contributed by atoms with Gasteiger partial charge in [-0.15, -0.1) is 0 Å². The lowest BCUT2D eigenvalue weighted by Gasteiger charge is -2.17. The van der Waals surface area contributed by atoms with Gasteiger partial charge in [0.25, 0.3) is 0 Å². The molecule has 8 nitrogen and oxygen atoms in total. The van der Waals surface area contributed by atoms with Crippen molar-refractivity contribution in [2.45, 2.75) is 0 Å². The number of nitriles is 1. The molecule has 0 spiro atoms. The first-order valence-electron chi connectivity index (χ1n) is 9.12. The van der Waals surface area contributed by atoms with Crippen LogP contribution in [0.5, 0.6) is 11.5 Å². The lowest BCUT2D eigenvalue weighted by atomic mass is 10.0. The van der Waals surface area contributed by atoms with Crippen molar-refractivity contribution in [3.8, 4) is 17.6 Å². The Hall–Kier alpha value is -4.38. The van der Waals surface area contributed by atoms with Gasteiger partial charge in [-0.2, -0.15) is 20.2 Å². The molecule has 0 atom stereocenters. The number of fused-ring (bicyclic) bond motifs is 1. The van der Waals surface area contributed by atoms with Crippen LogP contribution in [-0.4, -0.2) is 28.7 Å². The molecule has 1 aliphatic heterocycles. The summed E-state index contributed by atoms with van der Waals surface area (Å²) < 4.78 is 11.0. The number of nitrogens with two attached hydrogens (primary N) is 1. The maximum Gasteiger partial charge on any atom is 0.232 e. The van der Waals surface area contributed by atoms with Crippen molar-refractivity contribution < 1.29 is 9.47 Å². The van der Waals surface area contributed by atoms with Gasteiger partial charge in [0, 0.05) is 17.3 Å². The van der Waals surface area contributed by atoms with Crippen LogP contribution in [0.1, 0.15) is 11.4 Å². The maximum atomic E-state index is 9.68. The second-order valence-electron chi connectivity index (χ2n) is 6.41. The van der Waals surface area contributed by atoms with E-state index in [4.69, 9.17) is 15.2 Å². The second kappa shape index (κ2) is 8.32. The molecule has 0 fully saturated rings. The first-order valence-corrected chi connectivity index (χ1v) is 9.12. The molecule has 8 heteroatoms. The quantitative estimate of drug-likeness (QED) is 0.626. The fourth-order valence-corrected chi connectivity index (χ4v) is 2.92. The number of para-hydroxylation sites is 1. The average molecular weight is 398 g/mol. The molecule has 30 heavy (non-hydrogen) atoms. The highest BCUT2D eigenvalue weighted by molar-refractivity contribution is 5.78. The van der Waals surface area contributed by atoms with E-state index in [2.05, 4.69) is 26.3 Å². The zero-order chi connectivity index (χ0) is 20.9. The van der Waals surface area contributed by atoms with Gasteiger partial charge in [-0.25, -0.2) is 0 Å². The van der Waals surface area contributed by atoms with E-state index in [0.717, 1.165) is 28.3 Å². The van der Waals surface area contributed by atoms with Crippen LogP contribution in [0.25, 0.3) is 11.6 Å². The fourth-order valence-electron chi connectivity index (χ4n) is 2.92. The predicted molar refractivity (Wildman–Crippen MR) is 114 cm³/mol. The second-order valence-corrected chi connectivity index (χ2v) is 6.41. The van der Waals surface area contributed by atoms with Gasteiger partial charge in [0.1, 0.15) is 24.2 Å². The minimum atomic E-state index is 0.0193. The highest BCUT2D eigenvalue weighted by atomic mass is 16.5. The van der Waals surface area contributed by atoms with Crippen LogP contribution in [0.3, 0.4) is 0 Å². The molecule has 2 aromatic carbocycles. The van der Waals surface area contributed by atoms with E-state index >= 15 is 0 Å². The summed E-state index contributed by atoms with van der Waals surface area (Å²) in [5, 5.41) is 12.7. The van der Waals surface area contributed by atoms with E-state index in [1.54, 1.807) is 13.2 Å². The standard InChI is InChI=1S/C22H18N6O2/c1-29-18-8-7-15-9-14(13-30-19(15)11-18)10-16(12-23)20-26-21(24)28-22(27-20)25-17-5-3-2-4-6-17/h2-11H,13H2,1H3,(H3,24,25,26,27,28)/b16-10+. The molecule has 0 aliphatic carbocycles. The lowest BCUT2D eigenvalue weighted by molar-refractivity contribution is 0.346. The Labute approximate surface area is 173 Å². The van der Waals surface area contributed by atoms with Crippen LogP contribution in [-0.2, 0) is 0 Å². The zero-order valence-corrected chi connectivity index (χ0v) is 16.2. The number of aromatic nitrogens is 3. The Bertz CT molecular complexity index is 1180. The van der Waals surface area contributed by atoms with E-state index in [-0.39, 0.29) is 23.3 Å². The van der Waals surface area contributed by atoms with Crippen LogP contribution < -0.4 is 20.5 Å². The van der Waals surface area contributed by atoms with Crippen LogP contribution >= 0.6 is 0 Å². The van der Waals surface area contributed by atoms with E-state index in [1.807, 2.05) is 54.6 Å². The number of nitrogens with one attached hydrogen (secondary N) is 1. The predicted octanol–water partition coefficient (Wildman–Crippen LogP) is 3.59.